The predicted molar refractivity (Wildman–Crippen MR) is 81.2 cm³/mol. The highest BCUT2D eigenvalue weighted by Crippen LogP contribution is 2.28. The van der Waals surface area contributed by atoms with E-state index in [1.54, 1.807) is 0 Å². The van der Waals surface area contributed by atoms with Gasteiger partial charge >= 0.3 is 0 Å². The van der Waals surface area contributed by atoms with Crippen LogP contribution in [0.2, 0.25) is 0 Å². The molecular weight excluding hydrogens is 292 g/mol. The third-order valence-corrected chi connectivity index (χ3v) is 3.90. The van der Waals surface area contributed by atoms with Gasteiger partial charge in [0, 0.05) is 35.9 Å². The lowest BCUT2D eigenvalue weighted by Crippen LogP contribution is -2.24. The Kier molecular flexibility index (Phi) is 6.68. The summed E-state index contributed by atoms with van der Waals surface area (Å²) in [5.74, 6) is 0. The molecule has 0 aliphatic carbocycles. The molecule has 0 radical (unpaired) electrons. The number of benzene rings is 1. The number of aliphatic hydroxyl groups is 1. The zero-order valence-electron chi connectivity index (χ0n) is 11.4. The van der Waals surface area contributed by atoms with Crippen LogP contribution in [0.4, 0.5) is 5.69 Å². The van der Waals surface area contributed by atoms with Gasteiger partial charge in [-0.05, 0) is 45.0 Å². The quantitative estimate of drug-likeness (QED) is 0.812. The molecular formula is C14H23BrN2O. The predicted octanol–water partition coefficient (Wildman–Crippen LogP) is 2.94. The SMILES string of the molecule is CCN(CCCO)c1ccc(C(C)NC)c(Br)c1. The molecule has 1 rings (SSSR count). The molecule has 1 aromatic rings. The second-order valence-electron chi connectivity index (χ2n) is 4.37. The molecule has 0 aliphatic heterocycles. The van der Waals surface area contributed by atoms with Crippen molar-refractivity contribution >= 4 is 21.6 Å². The van der Waals surface area contributed by atoms with Crippen LogP contribution in [0.5, 0.6) is 0 Å². The van der Waals surface area contributed by atoms with Crippen LogP contribution in [0.25, 0.3) is 0 Å². The molecule has 3 nitrogen and oxygen atoms in total. The molecule has 0 spiro atoms. The second kappa shape index (κ2) is 7.77. The Labute approximate surface area is 118 Å². The van der Waals surface area contributed by atoms with E-state index in [-0.39, 0.29) is 6.61 Å². The third kappa shape index (κ3) is 3.97. The lowest BCUT2D eigenvalue weighted by Gasteiger charge is -2.24. The first kappa shape index (κ1) is 15.5. The van der Waals surface area contributed by atoms with Crippen LogP contribution in [-0.4, -0.2) is 31.9 Å². The molecule has 1 unspecified atom stereocenters. The van der Waals surface area contributed by atoms with Crippen molar-refractivity contribution in [1.29, 1.82) is 0 Å². The van der Waals surface area contributed by atoms with Gasteiger partial charge < -0.3 is 15.3 Å². The van der Waals surface area contributed by atoms with E-state index in [0.717, 1.165) is 24.0 Å². The molecule has 1 atom stereocenters. The maximum absolute atomic E-state index is 8.92. The van der Waals surface area contributed by atoms with Gasteiger partial charge in [0.05, 0.1) is 0 Å². The van der Waals surface area contributed by atoms with Gasteiger partial charge in [-0.3, -0.25) is 0 Å². The number of halogens is 1. The lowest BCUT2D eigenvalue weighted by atomic mass is 10.1. The molecule has 0 fully saturated rings. The Morgan fingerprint density at radius 1 is 1.44 bits per heavy atom. The summed E-state index contributed by atoms with van der Waals surface area (Å²) >= 11 is 3.64. The first-order valence-corrected chi connectivity index (χ1v) is 7.25. The summed E-state index contributed by atoms with van der Waals surface area (Å²) in [5, 5.41) is 12.2. The minimum atomic E-state index is 0.243. The Balaban J connectivity index is 2.87. The van der Waals surface area contributed by atoms with Crippen molar-refractivity contribution in [2.45, 2.75) is 26.3 Å². The summed E-state index contributed by atoms with van der Waals surface area (Å²) in [6, 6.07) is 6.79. The number of nitrogens with one attached hydrogen (secondary N) is 1. The monoisotopic (exact) mass is 314 g/mol. The van der Waals surface area contributed by atoms with Crippen molar-refractivity contribution in [3.63, 3.8) is 0 Å². The van der Waals surface area contributed by atoms with Gasteiger partial charge in [-0.25, -0.2) is 0 Å². The van der Waals surface area contributed by atoms with Crippen molar-refractivity contribution in [2.75, 3.05) is 31.6 Å². The zero-order valence-corrected chi connectivity index (χ0v) is 13.0. The molecule has 0 saturated carbocycles. The first-order valence-electron chi connectivity index (χ1n) is 6.46. The fourth-order valence-electron chi connectivity index (χ4n) is 1.95. The van der Waals surface area contributed by atoms with Crippen LogP contribution < -0.4 is 10.2 Å². The summed E-state index contributed by atoms with van der Waals surface area (Å²) < 4.78 is 1.13. The second-order valence-corrected chi connectivity index (χ2v) is 5.23. The van der Waals surface area contributed by atoms with Crippen LogP contribution in [0, 0.1) is 0 Å². The fourth-order valence-corrected chi connectivity index (χ4v) is 2.66. The van der Waals surface area contributed by atoms with Crippen LogP contribution in [0.1, 0.15) is 31.9 Å². The number of aliphatic hydroxyl groups excluding tert-OH is 1. The molecule has 2 N–H and O–H groups in total. The highest BCUT2D eigenvalue weighted by molar-refractivity contribution is 9.10. The van der Waals surface area contributed by atoms with Gasteiger partial charge in [-0.1, -0.05) is 22.0 Å². The van der Waals surface area contributed by atoms with E-state index < -0.39 is 0 Å². The Bertz CT molecular complexity index is 371. The van der Waals surface area contributed by atoms with E-state index in [4.69, 9.17) is 5.11 Å². The Morgan fingerprint density at radius 2 is 2.17 bits per heavy atom. The normalized spacial score (nSPS) is 12.5. The van der Waals surface area contributed by atoms with Crippen LogP contribution >= 0.6 is 15.9 Å². The number of hydrogen-bond donors (Lipinski definition) is 2. The first-order chi connectivity index (χ1) is 8.63. The number of anilines is 1. The molecule has 0 aliphatic rings. The number of hydrogen-bond acceptors (Lipinski definition) is 3. The summed E-state index contributed by atoms with van der Waals surface area (Å²) in [7, 11) is 1.96. The van der Waals surface area contributed by atoms with E-state index in [9.17, 15) is 0 Å². The van der Waals surface area contributed by atoms with E-state index in [2.05, 4.69) is 58.2 Å². The maximum atomic E-state index is 8.92. The van der Waals surface area contributed by atoms with Crippen molar-refractivity contribution < 1.29 is 5.11 Å². The summed E-state index contributed by atoms with van der Waals surface area (Å²) in [6.45, 7) is 6.36. The standard InChI is InChI=1S/C14H23BrN2O/c1-4-17(8-5-9-18)12-6-7-13(11(2)16-3)14(15)10-12/h6-7,10-11,16,18H,4-5,8-9H2,1-3H3. The highest BCUT2D eigenvalue weighted by Gasteiger charge is 2.10. The third-order valence-electron chi connectivity index (χ3n) is 3.22. The Morgan fingerprint density at radius 3 is 2.67 bits per heavy atom. The fraction of sp³-hybridized carbons (Fsp3) is 0.571. The van der Waals surface area contributed by atoms with Crippen LogP contribution in [0.3, 0.4) is 0 Å². The van der Waals surface area contributed by atoms with E-state index in [1.807, 2.05) is 7.05 Å². The number of rotatable bonds is 7. The van der Waals surface area contributed by atoms with Crippen molar-refractivity contribution in [2.24, 2.45) is 0 Å². The van der Waals surface area contributed by atoms with Gasteiger partial charge in [-0.15, -0.1) is 0 Å². The van der Waals surface area contributed by atoms with E-state index in [1.165, 1.54) is 11.3 Å². The van der Waals surface area contributed by atoms with Crippen molar-refractivity contribution in [1.82, 2.24) is 5.32 Å². The number of nitrogens with zero attached hydrogens (tertiary/aromatic N) is 1. The highest BCUT2D eigenvalue weighted by atomic mass is 79.9. The topological polar surface area (TPSA) is 35.5 Å². The van der Waals surface area contributed by atoms with Gasteiger partial charge in [0.2, 0.25) is 0 Å². The molecule has 18 heavy (non-hydrogen) atoms. The maximum Gasteiger partial charge on any atom is 0.0447 e. The molecule has 0 aromatic heterocycles. The molecule has 102 valence electrons. The van der Waals surface area contributed by atoms with Crippen LogP contribution in [-0.2, 0) is 0 Å². The smallest absolute Gasteiger partial charge is 0.0447 e. The Hall–Kier alpha value is -0.580. The molecule has 1 aromatic carbocycles. The minimum Gasteiger partial charge on any atom is -0.396 e. The minimum absolute atomic E-state index is 0.243. The van der Waals surface area contributed by atoms with Gasteiger partial charge in [0.25, 0.3) is 0 Å². The summed E-state index contributed by atoms with van der Waals surface area (Å²) in [5.41, 5.74) is 2.46. The van der Waals surface area contributed by atoms with Gasteiger partial charge in [0.1, 0.15) is 0 Å². The average molecular weight is 315 g/mol. The van der Waals surface area contributed by atoms with Crippen molar-refractivity contribution in [3.8, 4) is 0 Å². The molecule has 0 bridgehead atoms. The molecule has 0 amide bonds. The largest absolute Gasteiger partial charge is 0.396 e. The zero-order chi connectivity index (χ0) is 13.5. The molecule has 4 heteroatoms. The molecule has 0 heterocycles. The van der Waals surface area contributed by atoms with Gasteiger partial charge in [-0.2, -0.15) is 0 Å². The average Bonchev–Trinajstić information content (AvgIpc) is 2.39. The van der Waals surface area contributed by atoms with Crippen LogP contribution in [0.15, 0.2) is 22.7 Å². The van der Waals surface area contributed by atoms with E-state index in [0.29, 0.717) is 6.04 Å². The summed E-state index contributed by atoms with van der Waals surface area (Å²) in [4.78, 5) is 2.27. The van der Waals surface area contributed by atoms with E-state index >= 15 is 0 Å². The molecule has 0 saturated heterocycles. The van der Waals surface area contributed by atoms with Gasteiger partial charge in [0.15, 0.2) is 0 Å². The summed E-state index contributed by atoms with van der Waals surface area (Å²) in [6.07, 6.45) is 0.806. The van der Waals surface area contributed by atoms with Crippen molar-refractivity contribution in [3.05, 3.63) is 28.2 Å². The lowest BCUT2D eigenvalue weighted by molar-refractivity contribution is 0.289.